The van der Waals surface area contributed by atoms with Gasteiger partial charge in [0.05, 0.1) is 25.4 Å². The first-order chi connectivity index (χ1) is 16.4. The molecule has 6 nitrogen and oxygen atoms in total. The zero-order chi connectivity index (χ0) is 25.6. The van der Waals surface area contributed by atoms with Gasteiger partial charge in [-0.1, -0.05) is 73.7 Å². The Bertz CT molecular complexity index is 768. The highest BCUT2D eigenvalue weighted by Crippen LogP contribution is 2.05. The quantitative estimate of drug-likeness (QED) is 0.233. The van der Waals surface area contributed by atoms with Crippen molar-refractivity contribution in [3.05, 3.63) is 84.4 Å². The summed E-state index contributed by atoms with van der Waals surface area (Å²) in [5, 5.41) is 19.9. The van der Waals surface area contributed by atoms with E-state index in [0.717, 1.165) is 12.0 Å². The van der Waals surface area contributed by atoms with Gasteiger partial charge in [0.1, 0.15) is 5.78 Å². The molecular weight excluding hydrogens is 428 g/mol. The lowest BCUT2D eigenvalue weighted by Gasteiger charge is -2.18. The smallest absolute Gasteiger partial charge is 0.147 e. The fraction of sp³-hybridized carbons (Fsp3) is 0.429. The largest absolute Gasteiger partial charge is 0.389 e. The lowest BCUT2D eigenvalue weighted by molar-refractivity contribution is -0.119. The van der Waals surface area contributed by atoms with Crippen LogP contribution in [0.5, 0.6) is 0 Å². The lowest BCUT2D eigenvalue weighted by atomic mass is 10.0. The molecule has 34 heavy (non-hydrogen) atoms. The van der Waals surface area contributed by atoms with Crippen molar-refractivity contribution in [3.8, 4) is 0 Å². The summed E-state index contributed by atoms with van der Waals surface area (Å²) in [5.41, 5.74) is 2.40. The maximum absolute atomic E-state index is 11.6. The number of rotatable bonds is 13. The maximum Gasteiger partial charge on any atom is 0.147 e. The van der Waals surface area contributed by atoms with E-state index in [2.05, 4.69) is 35.7 Å². The molecule has 3 atom stereocenters. The molecule has 0 saturated carbocycles. The Hall–Kier alpha value is -2.64. The molecule has 0 bridgehead atoms. The van der Waals surface area contributed by atoms with Crippen molar-refractivity contribution in [2.45, 2.75) is 38.8 Å². The van der Waals surface area contributed by atoms with Crippen molar-refractivity contribution < 1.29 is 19.4 Å². The first kappa shape index (κ1) is 31.4. The third kappa shape index (κ3) is 16.9. The van der Waals surface area contributed by atoms with Crippen molar-refractivity contribution >= 4 is 12.0 Å². The summed E-state index contributed by atoms with van der Waals surface area (Å²) in [7, 11) is 3.25. The number of carbonyl (C=O) groups is 1. The minimum Gasteiger partial charge on any atom is -0.389 e. The molecule has 0 radical (unpaired) electrons. The number of aliphatic hydroxyl groups is 1. The molecule has 2 aromatic carbocycles. The van der Waals surface area contributed by atoms with Crippen molar-refractivity contribution in [3.63, 3.8) is 0 Å². The van der Waals surface area contributed by atoms with E-state index in [0.29, 0.717) is 25.5 Å². The van der Waals surface area contributed by atoms with Gasteiger partial charge >= 0.3 is 0 Å². The molecule has 2 rings (SSSR count). The molecule has 0 heterocycles. The van der Waals surface area contributed by atoms with Gasteiger partial charge in [0, 0.05) is 20.8 Å². The molecule has 0 aliphatic heterocycles. The highest BCUT2D eigenvalue weighted by Gasteiger charge is 2.16. The molecule has 2 aromatic rings. The van der Waals surface area contributed by atoms with Crippen molar-refractivity contribution in [1.82, 2.24) is 5.32 Å². The summed E-state index contributed by atoms with van der Waals surface area (Å²) in [6.45, 7) is 8.12. The van der Waals surface area contributed by atoms with Crippen molar-refractivity contribution in [2.75, 3.05) is 34.0 Å². The Morgan fingerprint density at radius 3 is 2.00 bits per heavy atom. The zero-order valence-electron chi connectivity index (χ0n) is 21.1. The Morgan fingerprint density at radius 2 is 1.56 bits per heavy atom. The van der Waals surface area contributed by atoms with Crippen LogP contribution in [0.4, 0.5) is 0 Å². The summed E-state index contributed by atoms with van der Waals surface area (Å²) >= 11 is 0. The van der Waals surface area contributed by atoms with Gasteiger partial charge in [-0.2, -0.15) is 0 Å². The third-order valence-electron chi connectivity index (χ3n) is 4.60. The second-order valence-corrected chi connectivity index (χ2v) is 7.98. The number of nitrogens with one attached hydrogen (secondary N) is 2. The predicted octanol–water partition coefficient (Wildman–Crippen LogP) is 4.12. The van der Waals surface area contributed by atoms with Crippen LogP contribution in [0.3, 0.4) is 0 Å². The molecule has 0 aliphatic carbocycles. The zero-order valence-corrected chi connectivity index (χ0v) is 21.1. The van der Waals surface area contributed by atoms with Crippen LogP contribution >= 0.6 is 0 Å². The summed E-state index contributed by atoms with van der Waals surface area (Å²) in [4.78, 5) is 11.6. The van der Waals surface area contributed by atoms with E-state index in [-0.39, 0.29) is 18.4 Å². The Labute approximate surface area is 205 Å². The number of aliphatic hydroxyl groups excluding tert-OH is 1. The Morgan fingerprint density at radius 1 is 1.06 bits per heavy atom. The fourth-order valence-corrected chi connectivity index (χ4v) is 2.88. The Kier molecular flexibility index (Phi) is 19.3. The topological polar surface area (TPSA) is 91.6 Å². The first-order valence-corrected chi connectivity index (χ1v) is 11.5. The molecule has 0 aromatic heterocycles. The monoisotopic (exact) mass is 470 g/mol. The van der Waals surface area contributed by atoms with E-state index in [9.17, 15) is 9.90 Å². The van der Waals surface area contributed by atoms with Gasteiger partial charge in [-0.3, -0.25) is 4.79 Å². The van der Waals surface area contributed by atoms with Gasteiger partial charge in [-0.05, 0) is 43.0 Å². The number of ketones is 1. The van der Waals surface area contributed by atoms with Gasteiger partial charge in [-0.15, -0.1) is 6.58 Å². The number of benzene rings is 2. The van der Waals surface area contributed by atoms with Crippen LogP contribution in [0.1, 0.15) is 25.0 Å². The molecule has 0 amide bonds. The minimum absolute atomic E-state index is 0.0630. The van der Waals surface area contributed by atoms with Crippen molar-refractivity contribution in [2.24, 2.45) is 5.92 Å². The predicted molar refractivity (Wildman–Crippen MR) is 141 cm³/mol. The normalized spacial score (nSPS) is 12.6. The summed E-state index contributed by atoms with van der Waals surface area (Å²) in [5.74, 6) is 0.422. The van der Waals surface area contributed by atoms with E-state index in [1.54, 1.807) is 27.2 Å². The second kappa shape index (κ2) is 20.9. The number of carbonyl (C=O) groups excluding carboxylic acids is 1. The summed E-state index contributed by atoms with van der Waals surface area (Å²) < 4.78 is 9.41. The van der Waals surface area contributed by atoms with Crippen LogP contribution in [-0.4, -0.2) is 63.2 Å². The highest BCUT2D eigenvalue weighted by atomic mass is 16.5. The third-order valence-corrected chi connectivity index (χ3v) is 4.60. The highest BCUT2D eigenvalue weighted by molar-refractivity contribution is 5.81. The number of ether oxygens (including phenoxy) is 2. The van der Waals surface area contributed by atoms with E-state index in [4.69, 9.17) is 10.1 Å². The van der Waals surface area contributed by atoms with E-state index in [1.807, 2.05) is 48.5 Å². The van der Waals surface area contributed by atoms with Gasteiger partial charge < -0.3 is 25.3 Å². The molecule has 0 fully saturated rings. The van der Waals surface area contributed by atoms with Crippen LogP contribution in [0.25, 0.3) is 0 Å². The van der Waals surface area contributed by atoms with E-state index < -0.39 is 6.10 Å². The molecule has 0 spiro atoms. The Balaban J connectivity index is 0.000000651. The molecule has 188 valence electrons. The molecule has 0 saturated heterocycles. The lowest BCUT2D eigenvalue weighted by Crippen LogP contribution is -2.42. The number of hydrogen-bond acceptors (Lipinski definition) is 6. The average molecular weight is 471 g/mol. The molecule has 0 aliphatic rings. The van der Waals surface area contributed by atoms with Gasteiger partial charge in [-0.25, -0.2) is 0 Å². The van der Waals surface area contributed by atoms with E-state index in [1.165, 1.54) is 11.8 Å². The number of hydrogen-bond donors (Lipinski definition) is 3. The molecule has 6 heteroatoms. The van der Waals surface area contributed by atoms with Gasteiger partial charge in [0.15, 0.2) is 0 Å². The van der Waals surface area contributed by atoms with Crippen molar-refractivity contribution in [1.29, 1.82) is 5.41 Å². The minimum atomic E-state index is -0.632. The maximum atomic E-state index is 11.6. The second-order valence-electron chi connectivity index (χ2n) is 7.98. The van der Waals surface area contributed by atoms with Gasteiger partial charge in [0.2, 0.25) is 0 Å². The van der Waals surface area contributed by atoms with Crippen LogP contribution in [-0.2, 0) is 27.1 Å². The summed E-state index contributed by atoms with van der Waals surface area (Å²) in [6.07, 6.45) is 4.09. The fourth-order valence-electron chi connectivity index (χ4n) is 2.88. The van der Waals surface area contributed by atoms with Crippen LogP contribution < -0.4 is 5.32 Å². The van der Waals surface area contributed by atoms with Crippen LogP contribution in [0, 0.1) is 11.3 Å². The summed E-state index contributed by atoms with van der Waals surface area (Å²) in [6, 6.07) is 19.8. The molecular formula is C28H42N2O4. The number of methoxy groups -OCH3 is 1. The van der Waals surface area contributed by atoms with Crippen LogP contribution in [0.15, 0.2) is 73.3 Å². The standard InChI is InChI=1S/C16H23NO3.C10H13N.C2H6O/c1-3-9-20-12-15(19)11-17-16(13(2)18)10-14-7-5-4-6-8-14;1-9(8-11)7-10-5-3-2-4-6-10;1-3-2/h3-8,15-17,19H,1,9-12H2,2H3;2-6,8-9,11H,7H2,1H3;1-2H3. The van der Waals surface area contributed by atoms with Gasteiger partial charge in [0.25, 0.3) is 0 Å². The molecule has 3 N–H and O–H groups in total. The van der Waals surface area contributed by atoms with Crippen LogP contribution in [0.2, 0.25) is 0 Å². The SMILES string of the molecule is C=CCOCC(O)CNC(Cc1ccccc1)C(C)=O.CC(C=N)Cc1ccccc1.COC. The first-order valence-electron chi connectivity index (χ1n) is 11.5. The number of Topliss-reactive ketones (excluding diaryl/α,β-unsaturated/α-hetero) is 1. The van der Waals surface area contributed by atoms with E-state index >= 15 is 0 Å². The molecule has 3 unspecified atom stereocenters. The average Bonchev–Trinajstić information content (AvgIpc) is 2.84.